The minimum Gasteiger partial charge on any atom is -0.493 e. The number of ether oxygens (including phenoxy) is 1. The average Bonchev–Trinajstić information content (AvgIpc) is 3.57. The first-order chi connectivity index (χ1) is 16.5. The lowest BCUT2D eigenvalue weighted by atomic mass is 10.1. The SMILES string of the molecule is CC(C)COc1ccc(Cl)cc1Cc1ccc(-c2nc3ccc(CCN4CCCC4)cc3[nH]2)o1.Cl. The highest BCUT2D eigenvalue weighted by Crippen LogP contribution is 2.29. The maximum atomic E-state index is 6.26. The predicted octanol–water partition coefficient (Wildman–Crippen LogP) is 7.16. The van der Waals surface area contributed by atoms with E-state index >= 15 is 0 Å². The monoisotopic (exact) mass is 513 g/mol. The highest BCUT2D eigenvalue weighted by Gasteiger charge is 2.14. The number of nitrogens with one attached hydrogen (secondary N) is 1. The first kappa shape index (κ1) is 25.6. The van der Waals surface area contributed by atoms with Gasteiger partial charge in [-0.15, -0.1) is 12.4 Å². The number of fused-ring (bicyclic) bond motifs is 1. The molecule has 2 aromatic heterocycles. The molecule has 1 saturated heterocycles. The first-order valence-corrected chi connectivity index (χ1v) is 12.6. The number of nitrogens with zero attached hydrogens (tertiary/aromatic N) is 2. The summed E-state index contributed by atoms with van der Waals surface area (Å²) in [5.41, 5.74) is 4.36. The molecule has 0 radical (unpaired) electrons. The van der Waals surface area contributed by atoms with E-state index in [1.165, 1.54) is 31.5 Å². The normalized spacial score (nSPS) is 14.1. The number of hydrogen-bond acceptors (Lipinski definition) is 4. The van der Waals surface area contributed by atoms with E-state index in [4.69, 9.17) is 25.7 Å². The summed E-state index contributed by atoms with van der Waals surface area (Å²) in [4.78, 5) is 10.8. The molecular weight excluding hydrogens is 481 g/mol. The van der Waals surface area contributed by atoms with Crippen LogP contribution < -0.4 is 4.74 Å². The third-order valence-electron chi connectivity index (χ3n) is 6.32. The number of H-pyrrole nitrogens is 1. The van der Waals surface area contributed by atoms with Gasteiger partial charge in [0.15, 0.2) is 11.6 Å². The summed E-state index contributed by atoms with van der Waals surface area (Å²) < 4.78 is 12.2. The summed E-state index contributed by atoms with van der Waals surface area (Å²) >= 11 is 6.26. The second-order valence-electron chi connectivity index (χ2n) is 9.64. The van der Waals surface area contributed by atoms with Gasteiger partial charge in [-0.25, -0.2) is 4.98 Å². The van der Waals surface area contributed by atoms with Crippen LogP contribution in [0.15, 0.2) is 52.9 Å². The molecule has 0 aliphatic carbocycles. The van der Waals surface area contributed by atoms with Crippen molar-refractivity contribution in [3.8, 4) is 17.3 Å². The Balaban J connectivity index is 0.00000289. The Morgan fingerprint density at radius 2 is 1.91 bits per heavy atom. The molecule has 3 heterocycles. The number of rotatable bonds is 9. The smallest absolute Gasteiger partial charge is 0.174 e. The van der Waals surface area contributed by atoms with Crippen LogP contribution in [0.1, 0.15) is 43.6 Å². The van der Waals surface area contributed by atoms with Crippen molar-refractivity contribution >= 4 is 35.0 Å². The van der Waals surface area contributed by atoms with Gasteiger partial charge in [0.2, 0.25) is 0 Å². The van der Waals surface area contributed by atoms with Gasteiger partial charge < -0.3 is 19.0 Å². The van der Waals surface area contributed by atoms with Gasteiger partial charge >= 0.3 is 0 Å². The molecule has 35 heavy (non-hydrogen) atoms. The van der Waals surface area contributed by atoms with E-state index in [1.54, 1.807) is 0 Å². The molecule has 0 saturated carbocycles. The predicted molar refractivity (Wildman–Crippen MR) is 145 cm³/mol. The van der Waals surface area contributed by atoms with Gasteiger partial charge in [0, 0.05) is 23.6 Å². The number of benzene rings is 2. The van der Waals surface area contributed by atoms with Gasteiger partial charge in [-0.3, -0.25) is 0 Å². The molecular formula is C28H33Cl2N3O2. The lowest BCUT2D eigenvalue weighted by Gasteiger charge is -2.13. The number of hydrogen-bond donors (Lipinski definition) is 1. The van der Waals surface area contributed by atoms with Crippen LogP contribution >= 0.6 is 24.0 Å². The molecule has 1 aliphatic rings. The Hall–Kier alpha value is -2.47. The number of imidazole rings is 1. The molecule has 1 aliphatic heterocycles. The van der Waals surface area contributed by atoms with Crippen molar-refractivity contribution in [2.75, 3.05) is 26.2 Å². The van der Waals surface area contributed by atoms with E-state index in [0.717, 1.165) is 52.7 Å². The highest BCUT2D eigenvalue weighted by atomic mass is 35.5. The summed E-state index contributed by atoms with van der Waals surface area (Å²) in [7, 11) is 0. The van der Waals surface area contributed by atoms with Crippen LogP contribution in [0.5, 0.6) is 5.75 Å². The molecule has 0 bridgehead atoms. The van der Waals surface area contributed by atoms with Crippen LogP contribution in [0, 0.1) is 5.92 Å². The molecule has 5 nitrogen and oxygen atoms in total. The van der Waals surface area contributed by atoms with Gasteiger partial charge in [0.25, 0.3) is 0 Å². The Kier molecular flexibility index (Phi) is 8.42. The number of furan rings is 1. The van der Waals surface area contributed by atoms with Gasteiger partial charge in [0.05, 0.1) is 17.6 Å². The minimum atomic E-state index is 0. The van der Waals surface area contributed by atoms with Gasteiger partial charge in [0.1, 0.15) is 11.5 Å². The fourth-order valence-corrected chi connectivity index (χ4v) is 4.69. The van der Waals surface area contributed by atoms with Crippen molar-refractivity contribution in [2.24, 2.45) is 5.92 Å². The van der Waals surface area contributed by atoms with Crippen molar-refractivity contribution in [1.82, 2.24) is 14.9 Å². The molecule has 0 amide bonds. The number of aromatic amines is 1. The molecule has 1 fully saturated rings. The summed E-state index contributed by atoms with van der Waals surface area (Å²) in [6.07, 6.45) is 4.33. The third kappa shape index (κ3) is 6.40. The molecule has 0 unspecified atom stereocenters. The first-order valence-electron chi connectivity index (χ1n) is 12.2. The van der Waals surface area contributed by atoms with E-state index in [2.05, 4.69) is 41.9 Å². The molecule has 0 spiro atoms. The maximum Gasteiger partial charge on any atom is 0.174 e. The van der Waals surface area contributed by atoms with Gasteiger partial charge in [-0.2, -0.15) is 0 Å². The minimum absolute atomic E-state index is 0. The van der Waals surface area contributed by atoms with Crippen molar-refractivity contribution in [3.63, 3.8) is 0 Å². The van der Waals surface area contributed by atoms with Crippen molar-refractivity contribution in [2.45, 2.75) is 39.5 Å². The fraction of sp³-hybridized carbons (Fsp3) is 0.393. The zero-order valence-corrected chi connectivity index (χ0v) is 21.9. The van der Waals surface area contributed by atoms with E-state index in [0.29, 0.717) is 24.0 Å². The van der Waals surface area contributed by atoms with Gasteiger partial charge in [-0.05, 0) is 86.3 Å². The molecule has 2 aromatic carbocycles. The van der Waals surface area contributed by atoms with E-state index in [-0.39, 0.29) is 12.4 Å². The Labute approximate surface area is 218 Å². The quantitative estimate of drug-likeness (QED) is 0.258. The number of likely N-dealkylation sites (tertiary alicyclic amines) is 1. The van der Waals surface area contributed by atoms with Crippen LogP contribution in [0.25, 0.3) is 22.6 Å². The van der Waals surface area contributed by atoms with Crippen LogP contribution in [0.4, 0.5) is 0 Å². The molecule has 1 N–H and O–H groups in total. The summed E-state index contributed by atoms with van der Waals surface area (Å²) in [5, 5.41) is 0.691. The lowest BCUT2D eigenvalue weighted by molar-refractivity contribution is 0.268. The van der Waals surface area contributed by atoms with Crippen molar-refractivity contribution in [1.29, 1.82) is 0 Å². The summed E-state index contributed by atoms with van der Waals surface area (Å²) in [5.74, 6) is 3.63. The van der Waals surface area contributed by atoms with Crippen molar-refractivity contribution in [3.05, 3.63) is 70.4 Å². The second-order valence-corrected chi connectivity index (χ2v) is 10.1. The lowest BCUT2D eigenvalue weighted by Crippen LogP contribution is -2.21. The maximum absolute atomic E-state index is 6.26. The fourth-order valence-electron chi connectivity index (χ4n) is 4.49. The van der Waals surface area contributed by atoms with Crippen LogP contribution in [-0.4, -0.2) is 41.1 Å². The highest BCUT2D eigenvalue weighted by molar-refractivity contribution is 6.30. The number of halogens is 2. The molecule has 7 heteroatoms. The molecule has 0 atom stereocenters. The Morgan fingerprint density at radius 1 is 1.09 bits per heavy atom. The van der Waals surface area contributed by atoms with E-state index in [9.17, 15) is 0 Å². The number of aromatic nitrogens is 2. The summed E-state index contributed by atoms with van der Waals surface area (Å²) in [6, 6.07) is 16.2. The zero-order chi connectivity index (χ0) is 23.5. The Bertz CT molecular complexity index is 1260. The largest absolute Gasteiger partial charge is 0.493 e. The molecule has 5 rings (SSSR count). The van der Waals surface area contributed by atoms with Crippen molar-refractivity contribution < 1.29 is 9.15 Å². The average molecular weight is 514 g/mol. The second kappa shape index (κ2) is 11.5. The summed E-state index contributed by atoms with van der Waals surface area (Å²) in [6.45, 7) is 8.53. The Morgan fingerprint density at radius 3 is 2.71 bits per heavy atom. The standard InChI is InChI=1S/C28H32ClN3O2.ClH/c1-19(2)18-33-26-9-6-22(29)16-21(26)17-23-7-10-27(34-23)28-30-24-8-5-20(15-25(24)31-28)11-14-32-12-3-4-13-32;/h5-10,15-16,19H,3-4,11-14,17-18H2,1-2H3,(H,30,31);1H. The van der Waals surface area contributed by atoms with Gasteiger partial charge in [-0.1, -0.05) is 31.5 Å². The third-order valence-corrected chi connectivity index (χ3v) is 6.55. The zero-order valence-electron chi connectivity index (χ0n) is 20.4. The topological polar surface area (TPSA) is 54.3 Å². The van der Waals surface area contributed by atoms with E-state index in [1.807, 2.05) is 30.3 Å². The molecule has 4 aromatic rings. The van der Waals surface area contributed by atoms with Crippen LogP contribution in [0.3, 0.4) is 0 Å². The van der Waals surface area contributed by atoms with Crippen LogP contribution in [0.2, 0.25) is 5.02 Å². The molecule has 186 valence electrons. The van der Waals surface area contributed by atoms with Crippen LogP contribution in [-0.2, 0) is 12.8 Å². The van der Waals surface area contributed by atoms with E-state index < -0.39 is 0 Å².